The normalized spacial score (nSPS) is 13.6. The fourth-order valence-corrected chi connectivity index (χ4v) is 3.03. The van der Waals surface area contributed by atoms with Crippen LogP contribution >= 0.6 is 0 Å². The van der Waals surface area contributed by atoms with E-state index in [9.17, 15) is 8.42 Å². The van der Waals surface area contributed by atoms with Crippen molar-refractivity contribution in [1.29, 1.82) is 0 Å². The van der Waals surface area contributed by atoms with E-state index in [1.54, 1.807) is 12.2 Å². The molecule has 0 unspecified atom stereocenters. The minimum Gasteiger partial charge on any atom is -0.409 e. The molecule has 0 rings (SSSR count). The van der Waals surface area contributed by atoms with Crippen LogP contribution in [0.15, 0.2) is 12.2 Å². The second-order valence-electron chi connectivity index (χ2n) is 3.62. The van der Waals surface area contributed by atoms with Gasteiger partial charge in [0.1, 0.15) is 0 Å². The lowest BCUT2D eigenvalue weighted by molar-refractivity contribution is 0.315. The van der Waals surface area contributed by atoms with Crippen LogP contribution in [0.2, 0.25) is 6.04 Å². The lowest BCUT2D eigenvalue weighted by atomic mass is 10.3. The minimum atomic E-state index is -3.49. The monoisotopic (exact) mass is 252 g/mol. The highest BCUT2D eigenvalue weighted by Crippen LogP contribution is 2.00. The summed E-state index contributed by atoms with van der Waals surface area (Å²) in [6.07, 6.45) is 3.38. The smallest absolute Gasteiger partial charge is 0.290 e. The van der Waals surface area contributed by atoms with Crippen LogP contribution in [-0.4, -0.2) is 30.7 Å². The molecular weight excluding hydrogens is 232 g/mol. The van der Waals surface area contributed by atoms with E-state index >= 15 is 0 Å². The molecule has 0 aliphatic heterocycles. The first-order valence-corrected chi connectivity index (χ1v) is 8.19. The highest BCUT2D eigenvalue weighted by atomic mass is 32.2. The van der Waals surface area contributed by atoms with Crippen LogP contribution < -0.4 is 0 Å². The first-order chi connectivity index (χ1) is 6.98. The summed E-state index contributed by atoms with van der Waals surface area (Å²) in [5, 5.41) is 0. The van der Waals surface area contributed by atoms with Gasteiger partial charge in [0.15, 0.2) is 15.7 Å². The zero-order chi connectivity index (χ0) is 11.7. The molecule has 0 N–H and O–H groups in total. The maximum absolute atomic E-state index is 11.2. The van der Waals surface area contributed by atoms with Crippen molar-refractivity contribution in [3.63, 3.8) is 0 Å². The summed E-state index contributed by atoms with van der Waals surface area (Å²) in [4.78, 5) is 0. The first-order valence-electron chi connectivity index (χ1n) is 5.04. The summed E-state index contributed by atoms with van der Waals surface area (Å²) in [5.41, 5.74) is 0. The van der Waals surface area contributed by atoms with Gasteiger partial charge in [-0.25, -0.2) is 0 Å². The summed E-state index contributed by atoms with van der Waals surface area (Å²) in [6, 6.07) is 0.990. The topological polar surface area (TPSA) is 52.6 Å². The maximum Gasteiger partial charge on any atom is 0.290 e. The quantitative estimate of drug-likeness (QED) is 0.280. The molecule has 0 saturated heterocycles. The van der Waals surface area contributed by atoms with Gasteiger partial charge in [-0.2, -0.15) is 8.42 Å². The van der Waals surface area contributed by atoms with E-state index < -0.39 is 19.9 Å². The minimum absolute atomic E-state index is 0.0912. The molecular formula is C9H20O4SSi. The molecule has 6 heteroatoms. The van der Waals surface area contributed by atoms with Crippen molar-refractivity contribution in [2.45, 2.75) is 26.8 Å². The molecule has 0 saturated carbocycles. The van der Waals surface area contributed by atoms with Gasteiger partial charge in [0.2, 0.25) is 0 Å². The molecule has 0 atom stereocenters. The molecule has 4 nitrogen and oxygen atoms in total. The van der Waals surface area contributed by atoms with Crippen molar-refractivity contribution in [1.82, 2.24) is 0 Å². The van der Waals surface area contributed by atoms with Gasteiger partial charge < -0.3 is 4.43 Å². The van der Waals surface area contributed by atoms with Crippen molar-refractivity contribution < 1.29 is 17.0 Å². The average Bonchev–Trinajstić information content (AvgIpc) is 2.13. The van der Waals surface area contributed by atoms with Crippen molar-refractivity contribution in [3.8, 4) is 0 Å². The van der Waals surface area contributed by atoms with Crippen LogP contribution in [0.1, 0.15) is 20.8 Å². The Balaban J connectivity index is 3.65. The predicted octanol–water partition coefficient (Wildman–Crippen LogP) is 1.04. The summed E-state index contributed by atoms with van der Waals surface area (Å²) < 4.78 is 32.2. The third-order valence-electron chi connectivity index (χ3n) is 1.65. The summed E-state index contributed by atoms with van der Waals surface area (Å²) in [5.74, 6) is 0.270. The van der Waals surface area contributed by atoms with E-state index in [1.807, 2.05) is 6.92 Å². The maximum atomic E-state index is 11.2. The van der Waals surface area contributed by atoms with Gasteiger partial charge in [0.05, 0.1) is 6.61 Å². The Kier molecular flexibility index (Phi) is 7.94. The number of hydrogen-bond donors (Lipinski definition) is 0. The molecule has 0 bridgehead atoms. The Bertz CT molecular complexity index is 272. The van der Waals surface area contributed by atoms with Gasteiger partial charge in [0.25, 0.3) is 10.1 Å². The predicted molar refractivity (Wildman–Crippen MR) is 63.8 cm³/mol. The second kappa shape index (κ2) is 8.03. The van der Waals surface area contributed by atoms with Crippen LogP contribution in [0.4, 0.5) is 0 Å². The Labute approximate surface area is 94.7 Å². The number of hydrogen-bond acceptors (Lipinski definition) is 4. The Hall–Kier alpha value is -0.173. The molecule has 0 heterocycles. The summed E-state index contributed by atoms with van der Waals surface area (Å²) >= 11 is 0. The van der Waals surface area contributed by atoms with Crippen LogP contribution in [0, 0.1) is 5.92 Å². The van der Waals surface area contributed by atoms with E-state index in [0.717, 1.165) is 6.04 Å². The van der Waals surface area contributed by atoms with E-state index in [2.05, 4.69) is 18.0 Å². The standard InChI is InChI=1S/C9H20O4SSi/c1-4-5-6-12-14(10,11)8-13-15-7-9(2)3/h4-5,9H,6-8,15H2,1-3H3. The average molecular weight is 252 g/mol. The highest BCUT2D eigenvalue weighted by molar-refractivity contribution is 7.86. The molecule has 0 fully saturated rings. The van der Waals surface area contributed by atoms with E-state index in [-0.39, 0.29) is 12.5 Å². The van der Waals surface area contributed by atoms with E-state index in [1.165, 1.54) is 0 Å². The first kappa shape index (κ1) is 14.8. The molecule has 0 aliphatic rings. The van der Waals surface area contributed by atoms with Crippen molar-refractivity contribution in [2.75, 3.05) is 12.5 Å². The molecule has 0 aliphatic carbocycles. The zero-order valence-corrected chi connectivity index (χ0v) is 11.8. The van der Waals surface area contributed by atoms with Gasteiger partial charge in [-0.15, -0.1) is 0 Å². The van der Waals surface area contributed by atoms with Crippen molar-refractivity contribution in [3.05, 3.63) is 12.2 Å². The second-order valence-corrected chi connectivity index (χ2v) is 6.60. The Morgan fingerprint density at radius 3 is 2.60 bits per heavy atom. The van der Waals surface area contributed by atoms with Gasteiger partial charge in [-0.1, -0.05) is 26.0 Å². The van der Waals surface area contributed by atoms with Crippen LogP contribution in [0.25, 0.3) is 0 Å². The third-order valence-corrected chi connectivity index (χ3v) is 4.78. The largest absolute Gasteiger partial charge is 0.409 e. The van der Waals surface area contributed by atoms with Crippen LogP contribution in [-0.2, 0) is 18.7 Å². The number of allylic oxidation sites excluding steroid dienone is 1. The van der Waals surface area contributed by atoms with E-state index in [0.29, 0.717) is 5.92 Å². The zero-order valence-electron chi connectivity index (χ0n) is 9.60. The molecule has 0 radical (unpaired) electrons. The van der Waals surface area contributed by atoms with Gasteiger partial charge in [0, 0.05) is 0 Å². The molecule has 15 heavy (non-hydrogen) atoms. The lowest BCUT2D eigenvalue weighted by Gasteiger charge is -2.06. The molecule has 90 valence electrons. The van der Waals surface area contributed by atoms with Gasteiger partial charge >= 0.3 is 0 Å². The lowest BCUT2D eigenvalue weighted by Crippen LogP contribution is -2.15. The Morgan fingerprint density at radius 1 is 1.40 bits per heavy atom. The molecule has 0 spiro atoms. The summed E-state index contributed by atoms with van der Waals surface area (Å²) in [7, 11) is -4.21. The fraction of sp³-hybridized carbons (Fsp3) is 0.778. The van der Waals surface area contributed by atoms with Crippen LogP contribution in [0.5, 0.6) is 0 Å². The Morgan fingerprint density at radius 2 is 2.07 bits per heavy atom. The van der Waals surface area contributed by atoms with Crippen LogP contribution in [0.3, 0.4) is 0 Å². The summed E-state index contributed by atoms with van der Waals surface area (Å²) in [6.45, 7) is 6.08. The van der Waals surface area contributed by atoms with Crippen molar-refractivity contribution >= 4 is 19.9 Å². The molecule has 0 amide bonds. The highest BCUT2D eigenvalue weighted by Gasteiger charge is 2.10. The molecule has 0 aromatic heterocycles. The fourth-order valence-electron chi connectivity index (χ4n) is 0.753. The van der Waals surface area contributed by atoms with Crippen molar-refractivity contribution in [2.24, 2.45) is 5.92 Å². The SMILES string of the molecule is CC=CCOS(=O)(=O)CO[SiH2]CC(C)C. The third kappa shape index (κ3) is 10.1. The molecule has 0 aromatic carbocycles. The number of rotatable bonds is 8. The van der Waals surface area contributed by atoms with Gasteiger partial charge in [-0.3, -0.25) is 4.18 Å². The molecule has 0 aromatic rings. The van der Waals surface area contributed by atoms with Gasteiger partial charge in [-0.05, 0) is 18.9 Å². The van der Waals surface area contributed by atoms with E-state index in [4.69, 9.17) is 4.43 Å².